The fraction of sp³-hybridized carbons (Fsp3) is 0.111. The Hall–Kier alpha value is -2.79. The van der Waals surface area contributed by atoms with Gasteiger partial charge in [-0.15, -0.1) is 0 Å². The molecule has 3 rings (SSSR count). The molecule has 6 heteroatoms. The van der Waals surface area contributed by atoms with Crippen LogP contribution in [0.25, 0.3) is 10.9 Å². The second-order valence-corrected chi connectivity index (χ2v) is 5.74. The van der Waals surface area contributed by atoms with Crippen LogP contribution in [0.2, 0.25) is 5.02 Å². The molecule has 1 amide bonds. The van der Waals surface area contributed by atoms with Gasteiger partial charge in [-0.1, -0.05) is 17.7 Å². The summed E-state index contributed by atoms with van der Waals surface area (Å²) in [5, 5.41) is 4.32. The van der Waals surface area contributed by atoms with E-state index in [0.29, 0.717) is 16.3 Å². The number of H-pyrrole nitrogens is 1. The highest BCUT2D eigenvalue weighted by atomic mass is 35.5. The van der Waals surface area contributed by atoms with Gasteiger partial charge in [-0.25, -0.2) is 4.79 Å². The number of aromatic amines is 1. The van der Waals surface area contributed by atoms with Crippen molar-refractivity contribution in [3.63, 3.8) is 0 Å². The van der Waals surface area contributed by atoms with Gasteiger partial charge in [0.15, 0.2) is 0 Å². The van der Waals surface area contributed by atoms with E-state index in [4.69, 9.17) is 11.6 Å². The first kappa shape index (κ1) is 16.1. The number of benzene rings is 2. The number of hydrogen-bond acceptors (Lipinski definition) is 3. The zero-order chi connectivity index (χ0) is 17.1. The fourth-order valence-corrected chi connectivity index (χ4v) is 2.69. The largest absolute Gasteiger partial charge is 0.465 e. The second kappa shape index (κ2) is 6.76. The maximum absolute atomic E-state index is 12.3. The molecule has 0 saturated heterocycles. The lowest BCUT2D eigenvalue weighted by Gasteiger charge is -2.06. The van der Waals surface area contributed by atoms with E-state index in [2.05, 4.69) is 15.0 Å². The highest BCUT2D eigenvalue weighted by Crippen LogP contribution is 2.23. The van der Waals surface area contributed by atoms with Crippen LogP contribution in [0.4, 0.5) is 5.69 Å². The van der Waals surface area contributed by atoms with Gasteiger partial charge < -0.3 is 15.0 Å². The van der Waals surface area contributed by atoms with E-state index >= 15 is 0 Å². The summed E-state index contributed by atoms with van der Waals surface area (Å²) in [7, 11) is 1.32. The van der Waals surface area contributed by atoms with Crippen LogP contribution in [0.5, 0.6) is 0 Å². The summed E-state index contributed by atoms with van der Waals surface area (Å²) in [6.07, 6.45) is 1.99. The molecule has 0 spiro atoms. The standard InChI is InChI=1S/C18H15ClN2O3/c1-24-18(23)11-3-2-4-14(7-11)21-17(22)8-12-10-20-16-6-5-13(19)9-15(12)16/h2-7,9-10,20H,8H2,1H3,(H,21,22). The third-order valence-electron chi connectivity index (χ3n) is 3.65. The van der Waals surface area contributed by atoms with Crippen molar-refractivity contribution in [3.8, 4) is 0 Å². The Balaban J connectivity index is 1.75. The van der Waals surface area contributed by atoms with Crippen molar-refractivity contribution in [1.82, 2.24) is 4.98 Å². The molecule has 0 saturated carbocycles. The predicted octanol–water partition coefficient (Wildman–Crippen LogP) is 3.79. The van der Waals surface area contributed by atoms with Gasteiger partial charge in [0.25, 0.3) is 0 Å². The summed E-state index contributed by atoms with van der Waals surface area (Å²) in [5.41, 5.74) is 2.71. The zero-order valence-electron chi connectivity index (χ0n) is 12.9. The Morgan fingerprint density at radius 2 is 2.04 bits per heavy atom. The molecule has 0 radical (unpaired) electrons. The van der Waals surface area contributed by atoms with Gasteiger partial charge in [-0.2, -0.15) is 0 Å². The number of carbonyl (C=O) groups is 2. The van der Waals surface area contributed by atoms with E-state index in [-0.39, 0.29) is 12.3 Å². The molecule has 0 aliphatic heterocycles. The lowest BCUT2D eigenvalue weighted by Crippen LogP contribution is -2.14. The molecule has 5 nitrogen and oxygen atoms in total. The molecule has 1 heterocycles. The zero-order valence-corrected chi connectivity index (χ0v) is 13.7. The van der Waals surface area contributed by atoms with Crippen LogP contribution in [0, 0.1) is 0 Å². The van der Waals surface area contributed by atoms with Crippen LogP contribution in [0.15, 0.2) is 48.7 Å². The lowest BCUT2D eigenvalue weighted by atomic mass is 10.1. The Kier molecular flexibility index (Phi) is 4.53. The Labute approximate surface area is 143 Å². The minimum atomic E-state index is -0.447. The van der Waals surface area contributed by atoms with Crippen LogP contribution in [-0.2, 0) is 16.0 Å². The summed E-state index contributed by atoms with van der Waals surface area (Å²) in [4.78, 5) is 26.9. The number of methoxy groups -OCH3 is 1. The van der Waals surface area contributed by atoms with Crippen LogP contribution >= 0.6 is 11.6 Å². The molecule has 0 bridgehead atoms. The Morgan fingerprint density at radius 3 is 2.83 bits per heavy atom. The molecule has 0 fully saturated rings. The van der Waals surface area contributed by atoms with E-state index in [1.54, 1.807) is 36.5 Å². The number of ether oxygens (including phenoxy) is 1. The van der Waals surface area contributed by atoms with Gasteiger partial charge in [0, 0.05) is 27.8 Å². The van der Waals surface area contributed by atoms with E-state index in [0.717, 1.165) is 16.5 Å². The minimum Gasteiger partial charge on any atom is -0.465 e. The third-order valence-corrected chi connectivity index (χ3v) is 3.88. The van der Waals surface area contributed by atoms with Crippen molar-refractivity contribution in [2.24, 2.45) is 0 Å². The van der Waals surface area contributed by atoms with Gasteiger partial charge >= 0.3 is 5.97 Å². The molecule has 0 aliphatic rings. The van der Waals surface area contributed by atoms with Crippen molar-refractivity contribution >= 4 is 40.1 Å². The number of esters is 1. The molecule has 2 aromatic carbocycles. The predicted molar refractivity (Wildman–Crippen MR) is 93.4 cm³/mol. The van der Waals surface area contributed by atoms with Crippen LogP contribution in [-0.4, -0.2) is 24.0 Å². The maximum Gasteiger partial charge on any atom is 0.337 e. The van der Waals surface area contributed by atoms with Crippen molar-refractivity contribution < 1.29 is 14.3 Å². The second-order valence-electron chi connectivity index (χ2n) is 5.30. The average molecular weight is 343 g/mol. The Bertz CT molecular complexity index is 918. The molecule has 0 atom stereocenters. The Morgan fingerprint density at radius 1 is 1.21 bits per heavy atom. The van der Waals surface area contributed by atoms with Crippen molar-refractivity contribution in [1.29, 1.82) is 0 Å². The van der Waals surface area contributed by atoms with Crippen LogP contribution in [0.1, 0.15) is 15.9 Å². The summed E-state index contributed by atoms with van der Waals surface area (Å²) >= 11 is 6.02. The molecule has 122 valence electrons. The number of fused-ring (bicyclic) bond motifs is 1. The first-order valence-corrected chi connectivity index (χ1v) is 7.68. The molecular weight excluding hydrogens is 328 g/mol. The molecule has 3 aromatic rings. The normalized spacial score (nSPS) is 10.6. The molecule has 1 aromatic heterocycles. The highest BCUT2D eigenvalue weighted by Gasteiger charge is 2.11. The molecule has 0 aliphatic carbocycles. The van der Waals surface area contributed by atoms with Crippen LogP contribution < -0.4 is 5.32 Å². The molecular formula is C18H15ClN2O3. The van der Waals surface area contributed by atoms with Gasteiger partial charge in [0.1, 0.15) is 0 Å². The molecule has 2 N–H and O–H groups in total. The van der Waals surface area contributed by atoms with Crippen molar-refractivity contribution in [3.05, 3.63) is 64.8 Å². The fourth-order valence-electron chi connectivity index (χ4n) is 2.52. The number of anilines is 1. The monoisotopic (exact) mass is 342 g/mol. The van der Waals surface area contributed by atoms with Gasteiger partial charge in [-0.05, 0) is 42.0 Å². The first-order valence-electron chi connectivity index (χ1n) is 7.30. The van der Waals surface area contributed by atoms with E-state index in [9.17, 15) is 9.59 Å². The van der Waals surface area contributed by atoms with E-state index in [1.807, 2.05) is 12.1 Å². The van der Waals surface area contributed by atoms with Crippen LogP contribution in [0.3, 0.4) is 0 Å². The highest BCUT2D eigenvalue weighted by molar-refractivity contribution is 6.31. The van der Waals surface area contributed by atoms with E-state index < -0.39 is 5.97 Å². The number of carbonyl (C=O) groups excluding carboxylic acids is 2. The van der Waals surface area contributed by atoms with Gasteiger partial charge in [-0.3, -0.25) is 4.79 Å². The summed E-state index contributed by atoms with van der Waals surface area (Å²) in [6, 6.07) is 12.1. The SMILES string of the molecule is COC(=O)c1cccc(NC(=O)Cc2c[nH]c3ccc(Cl)cc23)c1. The molecule has 24 heavy (non-hydrogen) atoms. The quantitative estimate of drug-likeness (QED) is 0.709. The van der Waals surface area contributed by atoms with Gasteiger partial charge in [0.05, 0.1) is 19.1 Å². The maximum atomic E-state index is 12.3. The number of hydrogen-bond donors (Lipinski definition) is 2. The number of nitrogens with one attached hydrogen (secondary N) is 2. The smallest absolute Gasteiger partial charge is 0.337 e. The summed E-state index contributed by atoms with van der Waals surface area (Å²) in [5.74, 6) is -0.629. The third kappa shape index (κ3) is 3.41. The molecule has 0 unspecified atom stereocenters. The van der Waals surface area contributed by atoms with Crippen molar-refractivity contribution in [2.45, 2.75) is 6.42 Å². The summed E-state index contributed by atoms with van der Waals surface area (Å²) in [6.45, 7) is 0. The first-order chi connectivity index (χ1) is 11.6. The van der Waals surface area contributed by atoms with Crippen molar-refractivity contribution in [2.75, 3.05) is 12.4 Å². The van der Waals surface area contributed by atoms with Gasteiger partial charge in [0.2, 0.25) is 5.91 Å². The lowest BCUT2D eigenvalue weighted by molar-refractivity contribution is -0.115. The minimum absolute atomic E-state index is 0.183. The topological polar surface area (TPSA) is 71.2 Å². The number of halogens is 1. The number of aromatic nitrogens is 1. The number of rotatable bonds is 4. The van der Waals surface area contributed by atoms with E-state index in [1.165, 1.54) is 7.11 Å². The number of amides is 1. The summed E-state index contributed by atoms with van der Waals surface area (Å²) < 4.78 is 4.67. The average Bonchev–Trinajstić information content (AvgIpc) is 2.96.